The van der Waals surface area contributed by atoms with E-state index in [1.54, 1.807) is 136 Å². The number of halogens is 6. The summed E-state index contributed by atoms with van der Waals surface area (Å²) in [5.74, 6) is -5.43. The molecule has 0 saturated carbocycles. The molecule has 62 heavy (non-hydrogen) atoms. The van der Waals surface area contributed by atoms with Crippen LogP contribution in [-0.2, 0) is 14.3 Å². The Hall–Kier alpha value is -0.600. The van der Waals surface area contributed by atoms with E-state index in [4.69, 9.17) is 4.74 Å². The number of nitrogens with zero attached hydrogens (tertiary/aromatic N) is 1. The molecule has 14 N–H and O–H groups in total. The molecular formula is C34H42I6N6O16. The zero-order valence-electron chi connectivity index (χ0n) is 32.1. The van der Waals surface area contributed by atoms with Crippen LogP contribution in [0.4, 0.5) is 11.4 Å². The number of Topliss-reactive ketones (excluding diaryl/α,β-unsaturated/α-hetero) is 1. The van der Waals surface area contributed by atoms with Gasteiger partial charge in [0.1, 0.15) is 6.61 Å². The van der Waals surface area contributed by atoms with Gasteiger partial charge in [0.2, 0.25) is 11.8 Å². The van der Waals surface area contributed by atoms with E-state index < -0.39 is 118 Å². The van der Waals surface area contributed by atoms with E-state index in [9.17, 15) is 74.7 Å². The lowest BCUT2D eigenvalue weighted by molar-refractivity contribution is -0.120. The van der Waals surface area contributed by atoms with Crippen molar-refractivity contribution in [2.24, 2.45) is 0 Å². The smallest absolute Gasteiger partial charge is 0.253 e. The quantitative estimate of drug-likeness (QED) is 0.0233. The van der Waals surface area contributed by atoms with Crippen LogP contribution in [0.3, 0.4) is 0 Å². The number of ketones is 1. The molecular weight excluding hydrogens is 1510 g/mol. The number of hydrazine groups is 1. The van der Waals surface area contributed by atoms with Crippen molar-refractivity contribution in [1.82, 2.24) is 21.4 Å². The van der Waals surface area contributed by atoms with Crippen molar-refractivity contribution in [1.29, 1.82) is 0 Å². The van der Waals surface area contributed by atoms with Gasteiger partial charge in [-0.2, -0.15) is 0 Å². The molecule has 2 aromatic carbocycles. The van der Waals surface area contributed by atoms with E-state index in [0.29, 0.717) is 0 Å². The minimum atomic E-state index is -1.63. The van der Waals surface area contributed by atoms with Crippen LogP contribution in [0.5, 0.6) is 0 Å². The third-order valence-corrected chi connectivity index (χ3v) is 14.7. The average Bonchev–Trinajstić information content (AvgIpc) is 3.22. The highest BCUT2D eigenvalue weighted by molar-refractivity contribution is 14.1. The third kappa shape index (κ3) is 14.7. The van der Waals surface area contributed by atoms with Crippen molar-refractivity contribution >= 4 is 182 Å². The molecule has 0 radical (unpaired) electrons. The van der Waals surface area contributed by atoms with Crippen LogP contribution < -0.4 is 31.7 Å². The van der Waals surface area contributed by atoms with E-state index in [2.05, 4.69) is 26.7 Å². The lowest BCUT2D eigenvalue weighted by Gasteiger charge is -2.29. The van der Waals surface area contributed by atoms with Crippen molar-refractivity contribution in [3.8, 4) is 0 Å². The van der Waals surface area contributed by atoms with Crippen LogP contribution in [0.15, 0.2) is 0 Å². The minimum Gasteiger partial charge on any atom is -0.395 e. The van der Waals surface area contributed by atoms with Crippen molar-refractivity contribution in [2.75, 3.05) is 76.8 Å². The number of ether oxygens (including phenoxy) is 1. The zero-order chi connectivity index (χ0) is 47.2. The number of carbonyl (C=O) groups excluding carboxylic acids is 6. The summed E-state index contributed by atoms with van der Waals surface area (Å²) in [6.45, 7) is -5.78. The van der Waals surface area contributed by atoms with Crippen LogP contribution >= 0.6 is 136 Å². The summed E-state index contributed by atoms with van der Waals surface area (Å²) in [7, 11) is 1.27. The monoisotopic (exact) mass is 1550 g/mol. The molecule has 0 fully saturated rings. The third-order valence-electron chi connectivity index (χ3n) is 8.32. The number of hydrogen-bond acceptors (Lipinski definition) is 17. The Morgan fingerprint density at radius 3 is 1.53 bits per heavy atom. The molecule has 5 atom stereocenters. The van der Waals surface area contributed by atoms with Crippen LogP contribution in [0.2, 0.25) is 0 Å². The second-order valence-electron chi connectivity index (χ2n) is 12.6. The van der Waals surface area contributed by atoms with E-state index in [1.807, 2.05) is 0 Å². The lowest BCUT2D eigenvalue weighted by Crippen LogP contribution is -2.50. The van der Waals surface area contributed by atoms with Gasteiger partial charge in [0.15, 0.2) is 5.78 Å². The normalized spacial score (nSPS) is 13.7. The van der Waals surface area contributed by atoms with Gasteiger partial charge >= 0.3 is 0 Å². The van der Waals surface area contributed by atoms with Gasteiger partial charge < -0.3 is 72.0 Å². The van der Waals surface area contributed by atoms with Crippen LogP contribution in [0, 0.1) is 21.4 Å². The predicted molar refractivity (Wildman–Crippen MR) is 270 cm³/mol. The number of anilines is 2. The number of rotatable bonds is 24. The molecule has 5 unspecified atom stereocenters. The van der Waals surface area contributed by atoms with Crippen molar-refractivity contribution in [3.05, 3.63) is 43.7 Å². The Kier molecular flexibility index (Phi) is 25.9. The SMILES string of the molecule is COCC(=O)Nc1c(I)c(C(=O)CC(=O)N(NCCO)c2c(I)c(C(=O)NC(CO)C(O)CO)c(I)c(C(=O)NC(CO)C(O)CO)c2I)c(I)c(C(=O)NCC(O)CO)c1I. The topological polar surface area (TPSA) is 357 Å². The molecule has 2 rings (SSSR count). The number of benzene rings is 2. The number of nitrogens with one attached hydrogen (secondary N) is 5. The maximum absolute atomic E-state index is 14.5. The molecule has 2 aromatic rings. The van der Waals surface area contributed by atoms with Gasteiger partial charge in [-0.3, -0.25) is 28.8 Å². The molecule has 0 aliphatic rings. The first-order valence-electron chi connectivity index (χ1n) is 17.6. The van der Waals surface area contributed by atoms with E-state index in [0.717, 1.165) is 5.01 Å². The van der Waals surface area contributed by atoms with Gasteiger partial charge in [-0.15, -0.1) is 0 Å². The molecule has 0 bridgehead atoms. The fourth-order valence-electron chi connectivity index (χ4n) is 5.16. The second-order valence-corrected chi connectivity index (χ2v) is 19.1. The summed E-state index contributed by atoms with van der Waals surface area (Å²) in [5.41, 5.74) is 1.54. The summed E-state index contributed by atoms with van der Waals surface area (Å²) >= 11 is 10.3. The van der Waals surface area contributed by atoms with Crippen LogP contribution in [-0.4, -0.2) is 178 Å². The number of carbonyl (C=O) groups is 6. The van der Waals surface area contributed by atoms with Crippen LogP contribution in [0.1, 0.15) is 47.9 Å². The van der Waals surface area contributed by atoms with Crippen LogP contribution in [0.25, 0.3) is 0 Å². The maximum atomic E-state index is 14.5. The second kappa shape index (κ2) is 27.9. The molecule has 5 amide bonds. The van der Waals surface area contributed by atoms with E-state index in [-0.39, 0.29) is 68.1 Å². The summed E-state index contributed by atoms with van der Waals surface area (Å²) < 4.78 is 5.06. The van der Waals surface area contributed by atoms with E-state index in [1.165, 1.54) is 7.11 Å². The average molecular weight is 1550 g/mol. The number of aliphatic hydroxyl groups excluding tert-OH is 9. The van der Waals surface area contributed by atoms with Gasteiger partial charge in [-0.25, -0.2) is 10.4 Å². The molecule has 0 aliphatic carbocycles. The fourth-order valence-corrected chi connectivity index (χ4v) is 14.3. The van der Waals surface area contributed by atoms with Crippen molar-refractivity contribution in [2.45, 2.75) is 36.8 Å². The lowest BCUT2D eigenvalue weighted by atomic mass is 10.0. The van der Waals surface area contributed by atoms with Gasteiger partial charge in [-0.05, 0) is 136 Å². The largest absolute Gasteiger partial charge is 0.395 e. The Bertz CT molecular complexity index is 1930. The standard InChI is InChI=1S/C34H42I6N6O16/c1-62-11-18(57)45-30-26(37)20(24(35)21(27(30)38)32(59)41-5-12(53)6-48)15(54)4-19(58)46(42-2-3-47)31-28(39)22(33(60)43-13(7-49)16(55)9-51)25(36)23(29(31)40)34(61)44-14(8-50)17(56)10-52/h12-14,16-17,42,47-53,55-56H,2-11H2,1H3,(H,41,59)(H,43,60)(H,44,61)(H,45,57). The summed E-state index contributed by atoms with van der Waals surface area (Å²) in [6, 6.07) is -2.84. The Morgan fingerprint density at radius 2 is 1.10 bits per heavy atom. The van der Waals surface area contributed by atoms with E-state index >= 15 is 0 Å². The van der Waals surface area contributed by atoms with Gasteiger partial charge in [0, 0.05) is 36.5 Å². The first-order valence-corrected chi connectivity index (χ1v) is 24.1. The molecule has 346 valence electrons. The van der Waals surface area contributed by atoms with Crippen molar-refractivity contribution < 1.29 is 79.5 Å². The zero-order valence-corrected chi connectivity index (χ0v) is 45.0. The van der Waals surface area contributed by atoms with Gasteiger partial charge in [0.05, 0.1) is 115 Å². The molecule has 0 aliphatic heterocycles. The molecule has 0 heterocycles. The van der Waals surface area contributed by atoms with Gasteiger partial charge in [0.25, 0.3) is 17.7 Å². The Morgan fingerprint density at radius 1 is 0.629 bits per heavy atom. The maximum Gasteiger partial charge on any atom is 0.253 e. The molecule has 0 saturated heterocycles. The molecule has 28 heteroatoms. The Labute approximate surface area is 435 Å². The molecule has 22 nitrogen and oxygen atoms in total. The Balaban J connectivity index is 2.95. The fraction of sp³-hybridized carbons (Fsp3) is 0.471. The summed E-state index contributed by atoms with van der Waals surface area (Å²) in [5, 5.41) is 98.8. The highest BCUT2D eigenvalue weighted by atomic mass is 127. The van der Waals surface area contributed by atoms with Gasteiger partial charge in [-0.1, -0.05) is 0 Å². The number of hydrogen-bond donors (Lipinski definition) is 14. The number of aliphatic hydroxyl groups is 9. The first kappa shape index (κ1) is 57.5. The number of methoxy groups -OCH3 is 1. The predicted octanol–water partition coefficient (Wildman–Crippen LogP) is -2.03. The highest BCUT2D eigenvalue weighted by Crippen LogP contribution is 2.39. The highest BCUT2D eigenvalue weighted by Gasteiger charge is 2.36. The molecule has 0 aromatic heterocycles. The minimum absolute atomic E-state index is 0.0145. The summed E-state index contributed by atoms with van der Waals surface area (Å²) in [4.78, 5) is 83.1. The number of amides is 5. The first-order chi connectivity index (χ1) is 29.2. The summed E-state index contributed by atoms with van der Waals surface area (Å²) in [6.07, 6.45) is -5.59. The molecule has 0 spiro atoms. The van der Waals surface area contributed by atoms with Crippen molar-refractivity contribution in [3.63, 3.8) is 0 Å².